The highest BCUT2D eigenvalue weighted by Gasteiger charge is 2.72. The van der Waals surface area contributed by atoms with Crippen LogP contribution in [0.1, 0.15) is 30.9 Å². The van der Waals surface area contributed by atoms with Crippen molar-refractivity contribution in [2.75, 3.05) is 0 Å². The van der Waals surface area contributed by atoms with Crippen LogP contribution in [0, 0.1) is 17.8 Å². The lowest BCUT2D eigenvalue weighted by Crippen LogP contribution is -2.55. The van der Waals surface area contributed by atoms with E-state index in [1.165, 1.54) is 0 Å². The van der Waals surface area contributed by atoms with Gasteiger partial charge in [0.1, 0.15) is 10.1 Å². The first kappa shape index (κ1) is 20.7. The summed E-state index contributed by atoms with van der Waals surface area (Å²) in [5.74, 6) is -8.38. The Morgan fingerprint density at radius 3 is 2.03 bits per heavy atom. The molecular formula is C23H20F3O5S-. The van der Waals surface area contributed by atoms with E-state index in [1.807, 2.05) is 48.5 Å². The van der Waals surface area contributed by atoms with Crippen LogP contribution >= 0.6 is 0 Å². The van der Waals surface area contributed by atoms with E-state index in [0.29, 0.717) is 6.42 Å². The topological polar surface area (TPSA) is 75.7 Å². The third-order valence-corrected chi connectivity index (χ3v) is 9.06. The van der Waals surface area contributed by atoms with Gasteiger partial charge < -0.3 is 14.0 Å². The molecule has 1 aliphatic heterocycles. The van der Waals surface area contributed by atoms with Crippen LogP contribution in [0.25, 0.3) is 11.1 Å². The highest BCUT2D eigenvalue weighted by Crippen LogP contribution is 2.65. The first-order chi connectivity index (χ1) is 15.0. The molecule has 3 aliphatic carbocycles. The van der Waals surface area contributed by atoms with Crippen molar-refractivity contribution in [2.24, 2.45) is 17.8 Å². The highest BCUT2D eigenvalue weighted by atomic mass is 32.2. The zero-order valence-electron chi connectivity index (χ0n) is 17.0. The maximum atomic E-state index is 15.1. The summed E-state index contributed by atoms with van der Waals surface area (Å²) in [4.78, 5) is 0. The van der Waals surface area contributed by atoms with Gasteiger partial charge in [0.2, 0.25) is 5.79 Å². The summed E-state index contributed by atoms with van der Waals surface area (Å²) in [5.41, 5.74) is 3.45. The van der Waals surface area contributed by atoms with Crippen LogP contribution in [0.2, 0.25) is 0 Å². The van der Waals surface area contributed by atoms with Gasteiger partial charge in [-0.15, -0.1) is 0 Å². The van der Waals surface area contributed by atoms with E-state index in [9.17, 15) is 17.4 Å². The predicted molar refractivity (Wildman–Crippen MR) is 106 cm³/mol. The number of fused-ring (bicyclic) bond motifs is 10. The molecule has 2 aromatic carbocycles. The van der Waals surface area contributed by atoms with Gasteiger partial charge in [0.25, 0.3) is 10.9 Å². The molecule has 6 rings (SSSR count). The lowest BCUT2D eigenvalue weighted by molar-refractivity contribution is -0.174. The number of benzene rings is 2. The quantitative estimate of drug-likeness (QED) is 0.636. The van der Waals surface area contributed by atoms with Crippen LogP contribution in [0.5, 0.6) is 0 Å². The Morgan fingerprint density at radius 1 is 0.938 bits per heavy atom. The van der Waals surface area contributed by atoms with Crippen LogP contribution in [-0.2, 0) is 25.4 Å². The molecule has 1 spiro atoms. The number of halogens is 3. The van der Waals surface area contributed by atoms with Crippen molar-refractivity contribution in [3.8, 4) is 11.1 Å². The van der Waals surface area contributed by atoms with Crippen LogP contribution in [0.4, 0.5) is 13.2 Å². The van der Waals surface area contributed by atoms with Crippen LogP contribution in [0.15, 0.2) is 48.5 Å². The van der Waals surface area contributed by atoms with Gasteiger partial charge in [0.05, 0.1) is 12.2 Å². The molecule has 32 heavy (non-hydrogen) atoms. The minimum absolute atomic E-state index is 0.128. The molecule has 4 aliphatic rings. The lowest BCUT2D eigenvalue weighted by atomic mass is 9.79. The normalized spacial score (nSPS) is 33.7. The molecule has 6 atom stereocenters. The standard InChI is InChI=1S/C23H21F3O5S/c1-21(24,32(27,28)29)23(25,26)18-11-12-10-15(18)20-19(12)30-22(31-20)16-8-4-2-6-13(16)14-7-3-5-9-17(14)22/h2-9,12,15,18-20H,10-11H2,1H3,(H,27,28,29)/p-1. The van der Waals surface area contributed by atoms with Gasteiger partial charge in [-0.2, -0.15) is 0 Å². The number of alkyl halides is 3. The average molecular weight is 465 g/mol. The second-order valence-corrected chi connectivity index (χ2v) is 11.0. The van der Waals surface area contributed by atoms with Crippen LogP contribution in [-0.4, -0.2) is 36.1 Å². The summed E-state index contributed by atoms with van der Waals surface area (Å²) in [6, 6.07) is 15.2. The van der Waals surface area contributed by atoms with Crippen molar-refractivity contribution in [3.05, 3.63) is 59.7 Å². The molecule has 170 valence electrons. The van der Waals surface area contributed by atoms with Crippen molar-refractivity contribution in [1.82, 2.24) is 0 Å². The van der Waals surface area contributed by atoms with Gasteiger partial charge in [-0.05, 0) is 42.7 Å². The van der Waals surface area contributed by atoms with Crippen molar-refractivity contribution in [1.29, 1.82) is 0 Å². The molecular weight excluding hydrogens is 445 g/mol. The van der Waals surface area contributed by atoms with Gasteiger partial charge in [-0.3, -0.25) is 0 Å². The summed E-state index contributed by atoms with van der Waals surface area (Å²) >= 11 is 0. The second kappa shape index (κ2) is 6.14. The van der Waals surface area contributed by atoms with Crippen molar-refractivity contribution in [2.45, 2.75) is 48.7 Å². The lowest BCUT2D eigenvalue weighted by Gasteiger charge is -2.40. The van der Waals surface area contributed by atoms with E-state index >= 15 is 8.78 Å². The maximum Gasteiger partial charge on any atom is 0.297 e. The molecule has 0 N–H and O–H groups in total. The predicted octanol–water partition coefficient (Wildman–Crippen LogP) is 4.17. The Kier molecular flexibility index (Phi) is 3.96. The molecule has 2 aromatic rings. The number of rotatable bonds is 3. The molecule has 5 nitrogen and oxygen atoms in total. The molecule has 6 unspecified atom stereocenters. The van der Waals surface area contributed by atoms with Crippen molar-refractivity contribution in [3.63, 3.8) is 0 Å². The van der Waals surface area contributed by atoms with E-state index in [2.05, 4.69) is 0 Å². The Balaban J connectivity index is 1.40. The average Bonchev–Trinajstić information content (AvgIpc) is 3.48. The molecule has 2 saturated carbocycles. The monoisotopic (exact) mass is 465 g/mol. The summed E-state index contributed by atoms with van der Waals surface area (Å²) in [5, 5.41) is -4.20. The summed E-state index contributed by atoms with van der Waals surface area (Å²) in [6.07, 6.45) is -1.05. The summed E-state index contributed by atoms with van der Waals surface area (Å²) in [6.45, 7) is 0.162. The van der Waals surface area contributed by atoms with Crippen LogP contribution < -0.4 is 0 Å². The second-order valence-electron chi connectivity index (χ2n) is 9.37. The first-order valence-corrected chi connectivity index (χ1v) is 12.0. The minimum atomic E-state index is -5.88. The van der Waals surface area contributed by atoms with Gasteiger partial charge in [-0.1, -0.05) is 48.5 Å². The fraction of sp³-hybridized carbons (Fsp3) is 0.478. The Hall–Kier alpha value is -1.94. The summed E-state index contributed by atoms with van der Waals surface area (Å²) < 4.78 is 91.7. The number of hydrogen-bond acceptors (Lipinski definition) is 5. The first-order valence-electron chi connectivity index (χ1n) is 10.6. The third-order valence-electron chi connectivity index (χ3n) is 7.85. The largest absolute Gasteiger partial charge is 0.745 e. The van der Waals surface area contributed by atoms with E-state index < -0.39 is 50.9 Å². The molecule has 1 heterocycles. The van der Waals surface area contributed by atoms with Gasteiger partial charge in [0.15, 0.2) is 0 Å². The Labute approximate surface area is 183 Å². The molecule has 9 heteroatoms. The van der Waals surface area contributed by atoms with Gasteiger partial charge >= 0.3 is 0 Å². The van der Waals surface area contributed by atoms with E-state index in [-0.39, 0.29) is 19.3 Å². The third kappa shape index (κ3) is 2.32. The van der Waals surface area contributed by atoms with Crippen molar-refractivity contribution >= 4 is 10.1 Å². The van der Waals surface area contributed by atoms with Crippen molar-refractivity contribution < 1.29 is 35.6 Å². The smallest absolute Gasteiger partial charge is 0.297 e. The number of hydrogen-bond donors (Lipinski definition) is 0. The Morgan fingerprint density at radius 2 is 1.47 bits per heavy atom. The zero-order valence-corrected chi connectivity index (χ0v) is 17.8. The molecule has 2 bridgehead atoms. The van der Waals surface area contributed by atoms with Gasteiger partial charge in [-0.25, -0.2) is 21.6 Å². The maximum absolute atomic E-state index is 15.1. The van der Waals surface area contributed by atoms with Gasteiger partial charge in [0, 0.05) is 17.0 Å². The molecule has 1 saturated heterocycles. The number of ether oxygens (including phenoxy) is 2. The van der Waals surface area contributed by atoms with E-state index in [4.69, 9.17) is 9.47 Å². The summed E-state index contributed by atoms with van der Waals surface area (Å²) in [7, 11) is -5.88. The molecule has 0 amide bonds. The zero-order chi connectivity index (χ0) is 22.7. The Bertz CT molecular complexity index is 1180. The van der Waals surface area contributed by atoms with E-state index in [1.54, 1.807) is 0 Å². The van der Waals surface area contributed by atoms with E-state index in [0.717, 1.165) is 22.3 Å². The molecule has 3 fully saturated rings. The fourth-order valence-electron chi connectivity index (χ4n) is 6.31. The SMILES string of the molecule is CC(F)(C(F)(F)C1CC2CC1C1OC3(OC21)c1ccccc1-c1ccccc13)S(=O)(=O)[O-]. The fourth-order valence-corrected chi connectivity index (χ4v) is 6.79. The minimum Gasteiger partial charge on any atom is -0.745 e. The highest BCUT2D eigenvalue weighted by molar-refractivity contribution is 7.87. The molecule has 0 aromatic heterocycles. The molecule has 0 radical (unpaired) electrons. The van der Waals surface area contributed by atoms with Crippen LogP contribution in [0.3, 0.4) is 0 Å².